The molecule has 0 heteroatoms. The van der Waals surface area contributed by atoms with Crippen LogP contribution in [0.25, 0.3) is 0 Å². The normalized spacial score (nSPS) is 47.7. The molecule has 9 unspecified atom stereocenters. The Labute approximate surface area is 171 Å². The van der Waals surface area contributed by atoms with Gasteiger partial charge in [0.15, 0.2) is 0 Å². The van der Waals surface area contributed by atoms with E-state index in [1.54, 1.807) is 32.1 Å². The Morgan fingerprint density at radius 1 is 0.556 bits per heavy atom. The zero-order chi connectivity index (χ0) is 19.4. The Hall–Kier alpha value is 0. The van der Waals surface area contributed by atoms with E-state index in [9.17, 15) is 0 Å². The highest BCUT2D eigenvalue weighted by atomic mass is 14.5. The maximum absolute atomic E-state index is 2.62. The van der Waals surface area contributed by atoms with Crippen molar-refractivity contribution in [3.63, 3.8) is 0 Å². The molecule has 0 aromatic heterocycles. The van der Waals surface area contributed by atoms with E-state index in [4.69, 9.17) is 0 Å². The number of hydrogen-bond donors (Lipinski definition) is 0. The molecule has 0 nitrogen and oxygen atoms in total. The monoisotopic (exact) mass is 374 g/mol. The molecule has 0 aromatic carbocycles. The molecule has 0 heterocycles. The van der Waals surface area contributed by atoms with Crippen molar-refractivity contribution in [3.05, 3.63) is 0 Å². The zero-order valence-corrected chi connectivity index (χ0v) is 19.4. The molecule has 0 aromatic rings. The van der Waals surface area contributed by atoms with Crippen LogP contribution in [0.4, 0.5) is 0 Å². The summed E-state index contributed by atoms with van der Waals surface area (Å²) in [5.74, 6) is 8.92. The van der Waals surface area contributed by atoms with Crippen molar-refractivity contribution in [2.45, 2.75) is 118 Å². The van der Waals surface area contributed by atoms with Crippen molar-refractivity contribution in [2.24, 2.45) is 53.3 Å². The van der Waals surface area contributed by atoms with Gasteiger partial charge in [0.25, 0.3) is 0 Å². The molecule has 0 bridgehead atoms. The summed E-state index contributed by atoms with van der Waals surface area (Å²) in [6.07, 6.45) is 19.8. The molecule has 3 aliphatic rings. The van der Waals surface area contributed by atoms with Crippen LogP contribution in [-0.4, -0.2) is 0 Å². The van der Waals surface area contributed by atoms with E-state index in [0.717, 1.165) is 53.3 Å². The van der Waals surface area contributed by atoms with Crippen LogP contribution in [0, 0.1) is 53.3 Å². The lowest BCUT2D eigenvalue weighted by Crippen LogP contribution is -2.40. The Balaban J connectivity index is 1.77. The highest BCUT2D eigenvalue weighted by Crippen LogP contribution is 2.50. The second-order valence-corrected chi connectivity index (χ2v) is 11.4. The largest absolute Gasteiger partial charge is 0.0651 e. The van der Waals surface area contributed by atoms with E-state index in [1.165, 1.54) is 51.4 Å². The Morgan fingerprint density at radius 3 is 1.81 bits per heavy atom. The fraction of sp³-hybridized carbons (Fsp3) is 1.00. The first-order valence-corrected chi connectivity index (χ1v) is 13.0. The first-order valence-electron chi connectivity index (χ1n) is 13.0. The van der Waals surface area contributed by atoms with Crippen molar-refractivity contribution in [1.82, 2.24) is 0 Å². The molecule has 9 atom stereocenters. The lowest BCUT2D eigenvalue weighted by Gasteiger charge is -2.48. The second-order valence-electron chi connectivity index (χ2n) is 11.4. The SMILES string of the molecule is CCC1CCCC2CCCCC2CC(C2C(C)CC(C)C(C)C2C)CCC1. The standard InChI is InChI=1S/C27H50/c1-6-23-11-9-15-24-13-7-8-14-25(24)18-26(16-10-12-23)27-20(3)17-19(2)21(4)22(27)5/h19-27H,6-18H2,1-5H3. The minimum absolute atomic E-state index is 0.926. The molecule has 0 spiro atoms. The first-order chi connectivity index (χ1) is 13.0. The minimum Gasteiger partial charge on any atom is -0.0651 e. The third-order valence-electron chi connectivity index (χ3n) is 9.90. The fourth-order valence-electron chi connectivity index (χ4n) is 7.96. The second kappa shape index (κ2) is 10.2. The molecule has 3 fully saturated rings. The van der Waals surface area contributed by atoms with E-state index in [1.807, 2.05) is 0 Å². The van der Waals surface area contributed by atoms with E-state index in [-0.39, 0.29) is 0 Å². The zero-order valence-electron chi connectivity index (χ0n) is 19.4. The quantitative estimate of drug-likeness (QED) is 0.453. The third kappa shape index (κ3) is 5.33. The van der Waals surface area contributed by atoms with Gasteiger partial charge in [-0.15, -0.1) is 0 Å². The van der Waals surface area contributed by atoms with E-state index in [0.29, 0.717) is 0 Å². The van der Waals surface area contributed by atoms with Crippen LogP contribution in [0.2, 0.25) is 0 Å². The van der Waals surface area contributed by atoms with E-state index < -0.39 is 0 Å². The van der Waals surface area contributed by atoms with Gasteiger partial charge >= 0.3 is 0 Å². The molecule has 0 radical (unpaired) electrons. The summed E-state index contributed by atoms with van der Waals surface area (Å²) in [4.78, 5) is 0. The van der Waals surface area contributed by atoms with Gasteiger partial charge in [0.1, 0.15) is 0 Å². The maximum Gasteiger partial charge on any atom is -0.0331 e. The van der Waals surface area contributed by atoms with Crippen LogP contribution in [0.5, 0.6) is 0 Å². The molecule has 0 saturated heterocycles. The van der Waals surface area contributed by atoms with E-state index in [2.05, 4.69) is 34.6 Å². The number of hydrogen-bond acceptors (Lipinski definition) is 0. The molecule has 158 valence electrons. The van der Waals surface area contributed by atoms with Crippen LogP contribution in [0.1, 0.15) is 118 Å². The van der Waals surface area contributed by atoms with Gasteiger partial charge in [0.2, 0.25) is 0 Å². The number of rotatable bonds is 2. The lowest BCUT2D eigenvalue weighted by molar-refractivity contribution is 0.0133. The van der Waals surface area contributed by atoms with Gasteiger partial charge in [-0.05, 0) is 66.1 Å². The summed E-state index contributed by atoms with van der Waals surface area (Å²) < 4.78 is 0. The molecular weight excluding hydrogens is 324 g/mol. The average molecular weight is 375 g/mol. The predicted octanol–water partition coefficient (Wildman–Crippen LogP) is 8.74. The lowest BCUT2D eigenvalue weighted by atomic mass is 9.57. The summed E-state index contributed by atoms with van der Waals surface area (Å²) in [5, 5.41) is 0. The van der Waals surface area contributed by atoms with Gasteiger partial charge in [-0.2, -0.15) is 0 Å². The van der Waals surface area contributed by atoms with Crippen LogP contribution >= 0.6 is 0 Å². The van der Waals surface area contributed by atoms with Crippen LogP contribution in [-0.2, 0) is 0 Å². The van der Waals surface area contributed by atoms with Gasteiger partial charge in [-0.1, -0.05) is 105 Å². The Morgan fingerprint density at radius 2 is 1.15 bits per heavy atom. The number of fused-ring (bicyclic) bond motifs is 1. The Kier molecular flexibility index (Phi) is 8.16. The molecular formula is C27H50. The molecule has 0 aliphatic heterocycles. The van der Waals surface area contributed by atoms with Gasteiger partial charge in [-0.25, -0.2) is 0 Å². The molecule has 3 aliphatic carbocycles. The summed E-state index contributed by atoms with van der Waals surface area (Å²) in [6, 6.07) is 0. The smallest absolute Gasteiger partial charge is 0.0331 e. The third-order valence-corrected chi connectivity index (χ3v) is 9.90. The summed E-state index contributed by atoms with van der Waals surface area (Å²) in [6.45, 7) is 12.8. The highest BCUT2D eigenvalue weighted by Gasteiger charge is 2.41. The summed E-state index contributed by atoms with van der Waals surface area (Å²) in [5.41, 5.74) is 0. The highest BCUT2D eigenvalue weighted by molar-refractivity contribution is 4.91. The van der Waals surface area contributed by atoms with Crippen molar-refractivity contribution < 1.29 is 0 Å². The summed E-state index contributed by atoms with van der Waals surface area (Å²) in [7, 11) is 0. The van der Waals surface area contributed by atoms with Crippen molar-refractivity contribution in [1.29, 1.82) is 0 Å². The van der Waals surface area contributed by atoms with Crippen molar-refractivity contribution in [3.8, 4) is 0 Å². The van der Waals surface area contributed by atoms with Gasteiger partial charge in [-0.3, -0.25) is 0 Å². The van der Waals surface area contributed by atoms with Crippen LogP contribution in [0.15, 0.2) is 0 Å². The Bertz CT molecular complexity index is 426. The molecule has 0 N–H and O–H groups in total. The minimum atomic E-state index is 0.926. The molecule has 3 rings (SSSR count). The maximum atomic E-state index is 2.62. The van der Waals surface area contributed by atoms with Crippen molar-refractivity contribution >= 4 is 0 Å². The molecule has 27 heavy (non-hydrogen) atoms. The first kappa shape index (κ1) is 21.7. The fourth-order valence-corrected chi connectivity index (χ4v) is 7.96. The predicted molar refractivity (Wildman–Crippen MR) is 120 cm³/mol. The topological polar surface area (TPSA) is 0 Å². The van der Waals surface area contributed by atoms with E-state index >= 15 is 0 Å². The van der Waals surface area contributed by atoms with Crippen molar-refractivity contribution in [2.75, 3.05) is 0 Å². The van der Waals surface area contributed by atoms with Gasteiger partial charge < -0.3 is 0 Å². The van der Waals surface area contributed by atoms with Crippen LogP contribution < -0.4 is 0 Å². The average Bonchev–Trinajstić information content (AvgIpc) is 2.69. The van der Waals surface area contributed by atoms with Gasteiger partial charge in [0.05, 0.1) is 0 Å². The molecule has 0 amide bonds. The van der Waals surface area contributed by atoms with Crippen LogP contribution in [0.3, 0.4) is 0 Å². The molecule has 3 saturated carbocycles. The summed E-state index contributed by atoms with van der Waals surface area (Å²) >= 11 is 0. The van der Waals surface area contributed by atoms with Gasteiger partial charge in [0, 0.05) is 0 Å².